The van der Waals surface area contributed by atoms with E-state index in [-0.39, 0.29) is 11.9 Å². The summed E-state index contributed by atoms with van der Waals surface area (Å²) in [6, 6.07) is 5.22. The largest absolute Gasteiger partial charge is 0.497 e. The van der Waals surface area contributed by atoms with Crippen molar-refractivity contribution in [2.24, 2.45) is 0 Å². The van der Waals surface area contributed by atoms with Crippen LogP contribution in [-0.2, 0) is 0 Å². The summed E-state index contributed by atoms with van der Waals surface area (Å²) in [5.74, 6) is 1.93. The van der Waals surface area contributed by atoms with Crippen molar-refractivity contribution in [2.45, 2.75) is 25.8 Å². The third-order valence-electron chi connectivity index (χ3n) is 4.96. The van der Waals surface area contributed by atoms with Crippen molar-refractivity contribution in [1.82, 2.24) is 30.0 Å². The number of aryl methyl sites for hydroxylation is 1. The Morgan fingerprint density at radius 2 is 2.14 bits per heavy atom. The highest BCUT2D eigenvalue weighted by Gasteiger charge is 2.28. The van der Waals surface area contributed by atoms with Gasteiger partial charge in [0.2, 0.25) is 11.7 Å². The Labute approximate surface area is 167 Å². The third-order valence-corrected chi connectivity index (χ3v) is 4.96. The quantitative estimate of drug-likeness (QED) is 0.643. The predicted molar refractivity (Wildman–Crippen MR) is 102 cm³/mol. The van der Waals surface area contributed by atoms with Crippen molar-refractivity contribution < 1.29 is 18.8 Å². The molecule has 1 atom stereocenters. The number of hydrogen-bond acceptors (Lipinski definition) is 8. The second-order valence-corrected chi connectivity index (χ2v) is 6.83. The number of amides is 1. The van der Waals surface area contributed by atoms with E-state index in [1.165, 1.54) is 0 Å². The van der Waals surface area contributed by atoms with E-state index in [9.17, 15) is 4.79 Å². The predicted octanol–water partition coefficient (Wildman–Crippen LogP) is 2.13. The van der Waals surface area contributed by atoms with Gasteiger partial charge in [0.15, 0.2) is 5.69 Å². The molecule has 0 unspecified atom stereocenters. The van der Waals surface area contributed by atoms with Crippen molar-refractivity contribution in [1.29, 1.82) is 0 Å². The molecule has 0 bridgehead atoms. The molecule has 0 aliphatic carbocycles. The Kier molecular flexibility index (Phi) is 5.15. The first-order valence-electron chi connectivity index (χ1n) is 9.33. The molecule has 0 spiro atoms. The average molecular weight is 398 g/mol. The van der Waals surface area contributed by atoms with Crippen LogP contribution in [0.25, 0.3) is 11.5 Å². The van der Waals surface area contributed by atoms with Crippen LogP contribution in [0.15, 0.2) is 28.9 Å². The zero-order valence-electron chi connectivity index (χ0n) is 16.5. The fourth-order valence-corrected chi connectivity index (χ4v) is 3.46. The van der Waals surface area contributed by atoms with Crippen LogP contribution in [-0.4, -0.2) is 63.3 Å². The Morgan fingerprint density at radius 3 is 2.86 bits per heavy atom. The van der Waals surface area contributed by atoms with Gasteiger partial charge < -0.3 is 18.9 Å². The van der Waals surface area contributed by atoms with Gasteiger partial charge in [-0.15, -0.1) is 5.10 Å². The smallest absolute Gasteiger partial charge is 0.257 e. The first-order chi connectivity index (χ1) is 14.1. The van der Waals surface area contributed by atoms with E-state index in [0.717, 1.165) is 12.8 Å². The van der Waals surface area contributed by atoms with Crippen molar-refractivity contribution in [3.05, 3.63) is 35.9 Å². The molecule has 1 saturated heterocycles. The van der Waals surface area contributed by atoms with E-state index in [1.807, 2.05) is 4.90 Å². The topological polar surface area (TPSA) is 108 Å². The molecule has 3 heterocycles. The number of methoxy groups -OCH3 is 2. The number of carbonyl (C=O) groups excluding carboxylic acids is 1. The fraction of sp³-hybridized carbons (Fsp3) is 0.421. The second-order valence-electron chi connectivity index (χ2n) is 6.83. The van der Waals surface area contributed by atoms with E-state index in [0.29, 0.717) is 47.6 Å². The van der Waals surface area contributed by atoms with Gasteiger partial charge >= 0.3 is 0 Å². The molecule has 10 nitrogen and oxygen atoms in total. The molecule has 0 radical (unpaired) electrons. The molecule has 2 aromatic heterocycles. The number of carbonyl (C=O) groups is 1. The van der Waals surface area contributed by atoms with E-state index in [4.69, 9.17) is 14.0 Å². The Balaban J connectivity index is 1.51. The van der Waals surface area contributed by atoms with E-state index in [1.54, 1.807) is 50.2 Å². The molecule has 152 valence electrons. The van der Waals surface area contributed by atoms with Crippen LogP contribution in [0.2, 0.25) is 0 Å². The number of piperidine rings is 1. The van der Waals surface area contributed by atoms with Gasteiger partial charge in [0.1, 0.15) is 11.5 Å². The highest BCUT2D eigenvalue weighted by Crippen LogP contribution is 2.29. The number of likely N-dealkylation sites (tertiary alicyclic amines) is 1. The van der Waals surface area contributed by atoms with Crippen molar-refractivity contribution in [2.75, 3.05) is 27.3 Å². The van der Waals surface area contributed by atoms with Crippen LogP contribution in [0, 0.1) is 6.92 Å². The zero-order valence-corrected chi connectivity index (χ0v) is 16.5. The van der Waals surface area contributed by atoms with Crippen LogP contribution < -0.4 is 9.47 Å². The van der Waals surface area contributed by atoms with Crippen molar-refractivity contribution in [3.63, 3.8) is 0 Å². The molecule has 1 aliphatic rings. The summed E-state index contributed by atoms with van der Waals surface area (Å²) >= 11 is 0. The van der Waals surface area contributed by atoms with Crippen LogP contribution in [0.1, 0.15) is 35.1 Å². The van der Waals surface area contributed by atoms with E-state index < -0.39 is 0 Å². The maximum atomic E-state index is 13.1. The molecule has 3 aromatic rings. The van der Waals surface area contributed by atoms with Gasteiger partial charge in [0.05, 0.1) is 32.0 Å². The SMILES string of the molecule is COc1ccc(C(=O)N2CCC[C@@H](n3cc(-c4noc(C)n4)nn3)C2)c(OC)c1. The Hall–Kier alpha value is -3.43. The lowest BCUT2D eigenvalue weighted by molar-refractivity contribution is 0.0668. The Morgan fingerprint density at radius 1 is 1.28 bits per heavy atom. The number of ether oxygens (including phenoxy) is 2. The molecule has 1 aliphatic heterocycles. The van der Waals surface area contributed by atoms with Crippen molar-refractivity contribution >= 4 is 5.91 Å². The monoisotopic (exact) mass is 398 g/mol. The minimum absolute atomic E-state index is 0.0196. The third kappa shape index (κ3) is 3.78. The Bertz CT molecular complexity index is 1010. The van der Waals surface area contributed by atoms with Crippen LogP contribution in [0.5, 0.6) is 11.5 Å². The van der Waals surface area contributed by atoms with E-state index in [2.05, 4.69) is 20.5 Å². The summed E-state index contributed by atoms with van der Waals surface area (Å²) in [7, 11) is 3.12. The average Bonchev–Trinajstić information content (AvgIpc) is 3.42. The summed E-state index contributed by atoms with van der Waals surface area (Å²) in [5, 5.41) is 12.2. The fourth-order valence-electron chi connectivity index (χ4n) is 3.46. The van der Waals surface area contributed by atoms with Gasteiger partial charge in [-0.05, 0) is 25.0 Å². The zero-order chi connectivity index (χ0) is 20.4. The molecule has 10 heteroatoms. The van der Waals surface area contributed by atoms with Crippen LogP contribution in [0.3, 0.4) is 0 Å². The summed E-state index contributed by atoms with van der Waals surface area (Å²) in [6.07, 6.45) is 3.56. The number of aromatic nitrogens is 5. The van der Waals surface area contributed by atoms with E-state index >= 15 is 0 Å². The number of benzene rings is 1. The molecular weight excluding hydrogens is 376 g/mol. The van der Waals surface area contributed by atoms with Gasteiger partial charge in [-0.1, -0.05) is 10.4 Å². The molecule has 4 rings (SSSR count). The van der Waals surface area contributed by atoms with Crippen molar-refractivity contribution in [3.8, 4) is 23.0 Å². The molecule has 1 amide bonds. The minimum Gasteiger partial charge on any atom is -0.497 e. The molecule has 1 aromatic carbocycles. The molecule has 1 fully saturated rings. The summed E-state index contributed by atoms with van der Waals surface area (Å²) in [5.41, 5.74) is 1.05. The normalized spacial score (nSPS) is 16.7. The lowest BCUT2D eigenvalue weighted by Crippen LogP contribution is -2.41. The van der Waals surface area contributed by atoms with Crippen LogP contribution >= 0.6 is 0 Å². The van der Waals surface area contributed by atoms with Gasteiger partial charge in [-0.25, -0.2) is 4.68 Å². The highest BCUT2D eigenvalue weighted by molar-refractivity contribution is 5.97. The van der Waals surface area contributed by atoms with Crippen LogP contribution in [0.4, 0.5) is 0 Å². The molecule has 0 saturated carbocycles. The summed E-state index contributed by atoms with van der Waals surface area (Å²) in [4.78, 5) is 19.1. The van der Waals surface area contributed by atoms with Gasteiger partial charge in [0, 0.05) is 26.1 Å². The summed E-state index contributed by atoms with van der Waals surface area (Å²) in [6.45, 7) is 2.93. The van der Waals surface area contributed by atoms with Gasteiger partial charge in [-0.2, -0.15) is 4.98 Å². The highest BCUT2D eigenvalue weighted by atomic mass is 16.5. The standard InChI is InChI=1S/C19H22N6O4/c1-12-20-18(22-29-12)16-11-25(23-21-16)13-5-4-8-24(10-13)19(26)15-7-6-14(27-2)9-17(15)28-3/h6-7,9,11,13H,4-5,8,10H2,1-3H3/t13-/m1/s1. The van der Waals surface area contributed by atoms with Gasteiger partial charge in [0.25, 0.3) is 5.91 Å². The second kappa shape index (κ2) is 7.90. The molecule has 29 heavy (non-hydrogen) atoms. The number of hydrogen-bond donors (Lipinski definition) is 0. The van der Waals surface area contributed by atoms with Gasteiger partial charge in [-0.3, -0.25) is 4.79 Å². The summed E-state index contributed by atoms with van der Waals surface area (Å²) < 4.78 is 17.4. The first kappa shape index (κ1) is 18.9. The lowest BCUT2D eigenvalue weighted by atomic mass is 10.0. The molecule has 0 N–H and O–H groups in total. The first-order valence-corrected chi connectivity index (χ1v) is 9.33. The number of nitrogens with zero attached hydrogens (tertiary/aromatic N) is 6. The minimum atomic E-state index is -0.0802. The maximum Gasteiger partial charge on any atom is 0.257 e. The number of rotatable bonds is 5. The maximum absolute atomic E-state index is 13.1. The lowest BCUT2D eigenvalue weighted by Gasteiger charge is -2.33. The molecular formula is C19H22N6O4.